The molecule has 0 saturated carbocycles. The maximum atomic E-state index is 11.5. The summed E-state index contributed by atoms with van der Waals surface area (Å²) < 4.78 is 2.02. The fourth-order valence-electron chi connectivity index (χ4n) is 2.46. The first kappa shape index (κ1) is 10.7. The second kappa shape index (κ2) is 3.81. The Morgan fingerprint density at radius 1 is 0.944 bits per heavy atom. The minimum Gasteiger partial charge on any atom is -0.478 e. The highest BCUT2D eigenvalue weighted by atomic mass is 16.4. The minimum absolute atomic E-state index is 0.374. The lowest BCUT2D eigenvalue weighted by Gasteiger charge is -2.06. The van der Waals surface area contributed by atoms with Crippen molar-refractivity contribution in [3.05, 3.63) is 54.1 Å². The molecule has 3 aromatic rings. The fraction of sp³-hybridized carbons (Fsp3) is 0.0667. The van der Waals surface area contributed by atoms with Gasteiger partial charge in [0.2, 0.25) is 11.0 Å². The van der Waals surface area contributed by atoms with Gasteiger partial charge in [-0.1, -0.05) is 24.3 Å². The van der Waals surface area contributed by atoms with Crippen LogP contribution in [-0.2, 0) is 7.05 Å². The summed E-state index contributed by atoms with van der Waals surface area (Å²) in [5, 5.41) is 11.0. The van der Waals surface area contributed by atoms with E-state index in [2.05, 4.69) is 0 Å². The molecule has 0 radical (unpaired) electrons. The van der Waals surface area contributed by atoms with Crippen LogP contribution in [0.25, 0.3) is 21.8 Å². The molecule has 0 aliphatic rings. The SMILES string of the molecule is C[n+]1c2ccccc2c(C(=O)O)c2ccccc21. The Hall–Kier alpha value is -2.42. The summed E-state index contributed by atoms with van der Waals surface area (Å²) in [6.07, 6.45) is 0. The van der Waals surface area contributed by atoms with Crippen LogP contribution in [0, 0.1) is 0 Å². The number of rotatable bonds is 1. The predicted octanol–water partition coefficient (Wildman–Crippen LogP) is 2.52. The van der Waals surface area contributed by atoms with E-state index >= 15 is 0 Å². The molecule has 3 heteroatoms. The minimum atomic E-state index is -0.886. The molecule has 18 heavy (non-hydrogen) atoms. The van der Waals surface area contributed by atoms with E-state index in [4.69, 9.17) is 0 Å². The van der Waals surface area contributed by atoms with Gasteiger partial charge in [-0.3, -0.25) is 0 Å². The Labute approximate surface area is 104 Å². The van der Waals surface area contributed by atoms with Crippen LogP contribution in [0.15, 0.2) is 48.5 Å². The van der Waals surface area contributed by atoms with Gasteiger partial charge in [0.1, 0.15) is 7.05 Å². The number of carboxylic acids is 1. The Morgan fingerprint density at radius 3 is 1.83 bits per heavy atom. The average Bonchev–Trinajstić information content (AvgIpc) is 2.39. The lowest BCUT2D eigenvalue weighted by molar-refractivity contribution is -0.617. The van der Waals surface area contributed by atoms with Crippen molar-refractivity contribution in [3.63, 3.8) is 0 Å². The van der Waals surface area contributed by atoms with E-state index in [0.29, 0.717) is 5.56 Å². The predicted molar refractivity (Wildman–Crippen MR) is 69.6 cm³/mol. The summed E-state index contributed by atoms with van der Waals surface area (Å²) in [5.41, 5.74) is 2.22. The molecular formula is C15H12NO2+. The van der Waals surface area contributed by atoms with Crippen molar-refractivity contribution in [1.29, 1.82) is 0 Å². The first-order chi connectivity index (χ1) is 8.70. The molecule has 1 heterocycles. The largest absolute Gasteiger partial charge is 0.478 e. The molecule has 0 amide bonds. The van der Waals surface area contributed by atoms with E-state index in [1.54, 1.807) is 0 Å². The van der Waals surface area contributed by atoms with E-state index < -0.39 is 5.97 Å². The monoisotopic (exact) mass is 238 g/mol. The van der Waals surface area contributed by atoms with Crippen molar-refractivity contribution in [3.8, 4) is 0 Å². The van der Waals surface area contributed by atoms with Crippen LogP contribution in [0.4, 0.5) is 0 Å². The highest BCUT2D eigenvalue weighted by molar-refractivity contribution is 6.12. The number of para-hydroxylation sites is 2. The Morgan fingerprint density at radius 2 is 1.39 bits per heavy atom. The molecule has 0 bridgehead atoms. The number of carbonyl (C=O) groups is 1. The van der Waals surface area contributed by atoms with Crippen molar-refractivity contribution in [2.24, 2.45) is 7.05 Å². The van der Waals surface area contributed by atoms with E-state index in [0.717, 1.165) is 21.8 Å². The van der Waals surface area contributed by atoms with Gasteiger partial charge >= 0.3 is 5.97 Å². The van der Waals surface area contributed by atoms with E-state index in [1.807, 2.05) is 60.1 Å². The van der Waals surface area contributed by atoms with Gasteiger partial charge < -0.3 is 5.11 Å². The van der Waals surface area contributed by atoms with Crippen LogP contribution in [0.3, 0.4) is 0 Å². The van der Waals surface area contributed by atoms with Gasteiger partial charge in [-0.05, 0) is 12.1 Å². The maximum Gasteiger partial charge on any atom is 0.337 e. The lowest BCUT2D eigenvalue weighted by Crippen LogP contribution is -2.31. The number of hydrogen-bond donors (Lipinski definition) is 1. The fourth-order valence-corrected chi connectivity index (χ4v) is 2.46. The third-order valence-corrected chi connectivity index (χ3v) is 3.28. The van der Waals surface area contributed by atoms with Gasteiger partial charge in [-0.25, -0.2) is 4.79 Å². The zero-order chi connectivity index (χ0) is 12.7. The summed E-state index contributed by atoms with van der Waals surface area (Å²) in [5.74, 6) is -0.886. The standard InChI is InChI=1S/C15H11NO2/c1-16-12-8-4-2-6-10(12)14(15(17)18)11-7-3-5-9-13(11)16/h2-9H,1H3/p+1. The molecule has 1 N–H and O–H groups in total. The topological polar surface area (TPSA) is 41.2 Å². The molecule has 3 rings (SSSR count). The van der Waals surface area contributed by atoms with Crippen molar-refractivity contribution in [1.82, 2.24) is 0 Å². The van der Waals surface area contributed by atoms with Gasteiger partial charge in [-0.15, -0.1) is 0 Å². The van der Waals surface area contributed by atoms with Crippen LogP contribution in [0.5, 0.6) is 0 Å². The Balaban J connectivity index is 2.67. The second-order valence-corrected chi connectivity index (χ2v) is 4.27. The zero-order valence-electron chi connectivity index (χ0n) is 9.92. The lowest BCUT2D eigenvalue weighted by atomic mass is 10.0. The molecule has 1 aromatic heterocycles. The highest BCUT2D eigenvalue weighted by Crippen LogP contribution is 2.24. The number of benzene rings is 2. The molecular weight excluding hydrogens is 226 g/mol. The first-order valence-corrected chi connectivity index (χ1v) is 5.73. The van der Waals surface area contributed by atoms with Crippen molar-refractivity contribution in [2.75, 3.05) is 0 Å². The molecule has 0 fully saturated rings. The van der Waals surface area contributed by atoms with Gasteiger partial charge in [0.15, 0.2) is 0 Å². The number of nitrogens with zero attached hydrogens (tertiary/aromatic N) is 1. The van der Waals surface area contributed by atoms with Gasteiger partial charge in [0, 0.05) is 12.1 Å². The third-order valence-electron chi connectivity index (χ3n) is 3.28. The number of pyridine rings is 1. The third kappa shape index (κ3) is 1.37. The van der Waals surface area contributed by atoms with E-state index in [9.17, 15) is 9.90 Å². The number of fused-ring (bicyclic) bond motifs is 2. The van der Waals surface area contributed by atoms with Crippen LogP contribution in [0.2, 0.25) is 0 Å². The Bertz CT molecular complexity index is 721. The molecule has 0 aliphatic carbocycles. The molecule has 2 aromatic carbocycles. The Kier molecular flexibility index (Phi) is 2.27. The van der Waals surface area contributed by atoms with Crippen molar-refractivity contribution >= 4 is 27.8 Å². The summed E-state index contributed by atoms with van der Waals surface area (Å²) in [7, 11) is 1.95. The van der Waals surface area contributed by atoms with Crippen molar-refractivity contribution in [2.45, 2.75) is 0 Å². The zero-order valence-corrected chi connectivity index (χ0v) is 9.92. The molecule has 0 unspecified atom stereocenters. The van der Waals surface area contributed by atoms with E-state index in [1.165, 1.54) is 0 Å². The van der Waals surface area contributed by atoms with Gasteiger partial charge in [0.05, 0.1) is 16.3 Å². The van der Waals surface area contributed by atoms with Crippen LogP contribution in [0.1, 0.15) is 10.4 Å². The average molecular weight is 238 g/mol. The highest BCUT2D eigenvalue weighted by Gasteiger charge is 2.20. The van der Waals surface area contributed by atoms with Gasteiger partial charge in [-0.2, -0.15) is 4.57 Å². The molecule has 88 valence electrons. The molecule has 3 nitrogen and oxygen atoms in total. The number of aryl methyl sites for hydroxylation is 1. The summed E-state index contributed by atoms with van der Waals surface area (Å²) >= 11 is 0. The number of carboxylic acid groups (broad SMARTS) is 1. The maximum absolute atomic E-state index is 11.5. The first-order valence-electron chi connectivity index (χ1n) is 5.73. The molecule has 0 atom stereocenters. The van der Waals surface area contributed by atoms with Crippen LogP contribution in [-0.4, -0.2) is 11.1 Å². The summed E-state index contributed by atoms with van der Waals surface area (Å²) in [4.78, 5) is 11.5. The number of aromatic carboxylic acids is 1. The van der Waals surface area contributed by atoms with E-state index in [-0.39, 0.29) is 0 Å². The second-order valence-electron chi connectivity index (χ2n) is 4.27. The summed E-state index contributed by atoms with van der Waals surface area (Å²) in [6.45, 7) is 0. The molecule has 0 spiro atoms. The van der Waals surface area contributed by atoms with Crippen LogP contribution >= 0.6 is 0 Å². The smallest absolute Gasteiger partial charge is 0.337 e. The number of aromatic nitrogens is 1. The van der Waals surface area contributed by atoms with Crippen LogP contribution < -0.4 is 4.57 Å². The number of hydrogen-bond acceptors (Lipinski definition) is 1. The molecule has 0 saturated heterocycles. The quantitative estimate of drug-likeness (QED) is 0.523. The molecule has 0 aliphatic heterocycles. The normalized spacial score (nSPS) is 10.9. The van der Waals surface area contributed by atoms with Crippen molar-refractivity contribution < 1.29 is 14.5 Å². The van der Waals surface area contributed by atoms with Gasteiger partial charge in [0.25, 0.3) is 0 Å². The summed E-state index contributed by atoms with van der Waals surface area (Å²) in [6, 6.07) is 15.2.